The number of carbonyl (C=O) groups excluding carboxylic acids is 1. The van der Waals surface area contributed by atoms with Gasteiger partial charge in [0.15, 0.2) is 11.5 Å². The topological polar surface area (TPSA) is 94.3 Å². The van der Waals surface area contributed by atoms with Crippen LogP contribution in [0, 0.1) is 0 Å². The highest BCUT2D eigenvalue weighted by molar-refractivity contribution is 8.14. The molecule has 17 heavy (non-hydrogen) atoms. The van der Waals surface area contributed by atoms with Crippen LogP contribution in [0.5, 0.6) is 11.5 Å². The molecule has 0 saturated carbocycles. The Morgan fingerprint density at radius 1 is 1.41 bits per heavy atom. The third kappa shape index (κ3) is 2.97. The van der Waals surface area contributed by atoms with Crippen molar-refractivity contribution < 1.29 is 15.0 Å². The molecule has 1 heterocycles. The van der Waals surface area contributed by atoms with Gasteiger partial charge in [0, 0.05) is 6.21 Å². The van der Waals surface area contributed by atoms with Crippen molar-refractivity contribution in [2.45, 2.75) is 0 Å². The number of carbonyl (C=O) groups is 1. The summed E-state index contributed by atoms with van der Waals surface area (Å²) in [6, 6.07) is 4.35. The lowest BCUT2D eigenvalue weighted by molar-refractivity contribution is -0.118. The average Bonchev–Trinajstić information content (AvgIpc) is 2.33. The number of nitrogens with one attached hydrogen (secondary N) is 1. The number of phenolic OH excluding ortho intramolecular Hbond substituents is 2. The molecule has 0 atom stereocenters. The van der Waals surface area contributed by atoms with Gasteiger partial charge in [0.05, 0.1) is 5.75 Å². The molecule has 0 saturated heterocycles. The Morgan fingerprint density at radius 3 is 2.88 bits per heavy atom. The molecule has 1 aliphatic heterocycles. The first kappa shape index (κ1) is 11.5. The highest BCUT2D eigenvalue weighted by atomic mass is 32.2. The minimum absolute atomic E-state index is 0.156. The van der Waals surface area contributed by atoms with E-state index in [4.69, 9.17) is 5.11 Å². The van der Waals surface area contributed by atoms with E-state index in [0.717, 1.165) is 0 Å². The van der Waals surface area contributed by atoms with Crippen LogP contribution >= 0.6 is 11.8 Å². The summed E-state index contributed by atoms with van der Waals surface area (Å²) in [5.74, 6) is -0.257. The Morgan fingerprint density at radius 2 is 2.24 bits per heavy atom. The minimum Gasteiger partial charge on any atom is -0.504 e. The van der Waals surface area contributed by atoms with E-state index in [0.29, 0.717) is 10.7 Å². The fourth-order valence-electron chi connectivity index (χ4n) is 1.12. The molecule has 0 spiro atoms. The van der Waals surface area contributed by atoms with E-state index in [1.165, 1.54) is 30.1 Å². The van der Waals surface area contributed by atoms with Crippen LogP contribution in [0.2, 0.25) is 0 Å². The lowest BCUT2D eigenvalue weighted by Crippen LogP contribution is -2.25. The Kier molecular flexibility index (Phi) is 3.29. The SMILES string of the molecule is O=C1CSC(N=Cc2ccc(O)c(O)c2)=NN1. The normalized spacial score (nSPS) is 15.8. The number of aromatic hydroxyl groups is 2. The number of hydrogen-bond acceptors (Lipinski definition) is 6. The summed E-state index contributed by atoms with van der Waals surface area (Å²) in [6.07, 6.45) is 1.49. The molecule has 1 aromatic rings. The van der Waals surface area contributed by atoms with Crippen LogP contribution in [0.4, 0.5) is 0 Å². The Hall–Kier alpha value is -2.02. The van der Waals surface area contributed by atoms with E-state index >= 15 is 0 Å². The molecule has 6 nitrogen and oxygen atoms in total. The molecule has 3 N–H and O–H groups in total. The van der Waals surface area contributed by atoms with Gasteiger partial charge in [-0.1, -0.05) is 11.8 Å². The van der Waals surface area contributed by atoms with Crippen LogP contribution in [-0.4, -0.2) is 33.3 Å². The summed E-state index contributed by atoms with van der Waals surface area (Å²) < 4.78 is 0. The standard InChI is InChI=1S/C10H9N3O3S/c14-7-2-1-6(3-8(7)15)4-11-10-13-12-9(16)5-17-10/h1-4,14-15H,5H2,(H,12,16). The number of thioether (sulfide) groups is 1. The van der Waals surface area contributed by atoms with E-state index in [9.17, 15) is 9.90 Å². The fourth-order valence-corrected chi connectivity index (χ4v) is 1.68. The highest BCUT2D eigenvalue weighted by Crippen LogP contribution is 2.24. The third-order valence-corrected chi connectivity index (χ3v) is 2.79. The molecular formula is C10H9N3O3S. The molecule has 88 valence electrons. The van der Waals surface area contributed by atoms with Gasteiger partial charge in [-0.15, -0.1) is 5.10 Å². The summed E-state index contributed by atoms with van der Waals surface area (Å²) in [4.78, 5) is 14.9. The van der Waals surface area contributed by atoms with E-state index < -0.39 is 0 Å². The van der Waals surface area contributed by atoms with Crippen LogP contribution in [0.25, 0.3) is 0 Å². The Labute approximate surface area is 101 Å². The van der Waals surface area contributed by atoms with E-state index in [-0.39, 0.29) is 23.2 Å². The quantitative estimate of drug-likeness (QED) is 0.504. The molecule has 7 heteroatoms. The largest absolute Gasteiger partial charge is 0.504 e. The van der Waals surface area contributed by atoms with Gasteiger partial charge in [-0.2, -0.15) is 0 Å². The van der Waals surface area contributed by atoms with Crippen LogP contribution in [0.15, 0.2) is 28.3 Å². The fraction of sp³-hybridized carbons (Fsp3) is 0.100. The summed E-state index contributed by atoms with van der Waals surface area (Å²) in [5, 5.41) is 22.6. The number of phenols is 2. The van der Waals surface area contributed by atoms with Crippen molar-refractivity contribution in [3.05, 3.63) is 23.8 Å². The van der Waals surface area contributed by atoms with Gasteiger partial charge in [0.1, 0.15) is 0 Å². The Balaban J connectivity index is 2.10. The van der Waals surface area contributed by atoms with Crippen molar-refractivity contribution in [3.8, 4) is 11.5 Å². The molecule has 0 bridgehead atoms. The number of benzene rings is 1. The number of amides is 1. The van der Waals surface area contributed by atoms with Crippen molar-refractivity contribution in [2.24, 2.45) is 10.1 Å². The van der Waals surface area contributed by atoms with Gasteiger partial charge in [0.25, 0.3) is 5.91 Å². The number of aliphatic imine (C=N–C) groups is 1. The second kappa shape index (κ2) is 4.88. The van der Waals surface area contributed by atoms with Gasteiger partial charge in [-0.3, -0.25) is 4.79 Å². The third-order valence-electron chi connectivity index (χ3n) is 1.93. The minimum atomic E-state index is -0.208. The number of rotatable bonds is 1. The molecule has 2 rings (SSSR count). The molecule has 0 fully saturated rings. The molecule has 1 aromatic carbocycles. The van der Waals surface area contributed by atoms with Crippen LogP contribution in [0.3, 0.4) is 0 Å². The van der Waals surface area contributed by atoms with Crippen molar-refractivity contribution in [2.75, 3.05) is 5.75 Å². The molecule has 0 aromatic heterocycles. The second-order valence-corrected chi connectivity index (χ2v) is 4.17. The van der Waals surface area contributed by atoms with Crippen molar-refractivity contribution in [1.29, 1.82) is 0 Å². The number of amidine groups is 1. The maximum atomic E-state index is 10.8. The molecular weight excluding hydrogens is 242 g/mol. The van der Waals surface area contributed by atoms with Crippen LogP contribution in [0.1, 0.15) is 5.56 Å². The summed E-state index contributed by atoms with van der Waals surface area (Å²) in [5.41, 5.74) is 2.94. The first-order valence-electron chi connectivity index (χ1n) is 4.70. The van der Waals surface area contributed by atoms with E-state index in [1.54, 1.807) is 6.07 Å². The summed E-state index contributed by atoms with van der Waals surface area (Å²) in [7, 11) is 0. The van der Waals surface area contributed by atoms with E-state index in [2.05, 4.69) is 15.5 Å². The van der Waals surface area contributed by atoms with Crippen LogP contribution < -0.4 is 5.43 Å². The predicted molar refractivity (Wildman–Crippen MR) is 65.4 cm³/mol. The van der Waals surface area contributed by atoms with Crippen LogP contribution in [-0.2, 0) is 4.79 Å². The van der Waals surface area contributed by atoms with Gasteiger partial charge >= 0.3 is 0 Å². The zero-order chi connectivity index (χ0) is 12.3. The maximum absolute atomic E-state index is 10.8. The van der Waals surface area contributed by atoms with Crippen molar-refractivity contribution in [1.82, 2.24) is 5.43 Å². The van der Waals surface area contributed by atoms with Gasteiger partial charge < -0.3 is 10.2 Å². The number of hydrazone groups is 1. The first-order chi connectivity index (χ1) is 8.15. The summed E-state index contributed by atoms with van der Waals surface area (Å²) in [6.45, 7) is 0. The average molecular weight is 251 g/mol. The predicted octanol–water partition coefficient (Wildman–Crippen LogP) is 0.651. The maximum Gasteiger partial charge on any atom is 0.250 e. The second-order valence-electron chi connectivity index (χ2n) is 3.22. The zero-order valence-electron chi connectivity index (χ0n) is 8.62. The lowest BCUT2D eigenvalue weighted by Gasteiger charge is -2.06. The molecule has 0 unspecified atom stereocenters. The van der Waals surface area contributed by atoms with Crippen molar-refractivity contribution >= 4 is 29.1 Å². The van der Waals surface area contributed by atoms with Gasteiger partial charge in [-0.25, -0.2) is 10.4 Å². The molecule has 1 amide bonds. The molecule has 1 aliphatic rings. The van der Waals surface area contributed by atoms with Gasteiger partial charge in [-0.05, 0) is 23.8 Å². The molecule has 0 radical (unpaired) electrons. The van der Waals surface area contributed by atoms with Crippen molar-refractivity contribution in [3.63, 3.8) is 0 Å². The van der Waals surface area contributed by atoms with E-state index in [1.807, 2.05) is 0 Å². The molecule has 0 aliphatic carbocycles. The highest BCUT2D eigenvalue weighted by Gasteiger charge is 2.10. The monoisotopic (exact) mass is 251 g/mol. The number of hydrogen-bond donors (Lipinski definition) is 3. The lowest BCUT2D eigenvalue weighted by atomic mass is 10.2. The Bertz CT molecular complexity index is 514. The number of nitrogens with zero attached hydrogens (tertiary/aromatic N) is 2. The smallest absolute Gasteiger partial charge is 0.250 e. The summed E-state index contributed by atoms with van der Waals surface area (Å²) >= 11 is 1.23. The zero-order valence-corrected chi connectivity index (χ0v) is 9.44. The first-order valence-corrected chi connectivity index (χ1v) is 5.69. The van der Waals surface area contributed by atoms with Gasteiger partial charge in [0.2, 0.25) is 5.17 Å².